The molecule has 1 atom stereocenters. The molecule has 1 amide bonds. The first-order chi connectivity index (χ1) is 9.52. The molecule has 1 aliphatic heterocycles. The van der Waals surface area contributed by atoms with Crippen LogP contribution in [-0.2, 0) is 9.84 Å². The largest absolute Gasteiger partial charge is 0.384 e. The number of aromatic nitrogens is 1. The summed E-state index contributed by atoms with van der Waals surface area (Å²) < 4.78 is 22.7. The number of nitrogens with zero attached hydrogens (tertiary/aromatic N) is 1. The minimum atomic E-state index is -3.04. The SMILES string of the molecule is O=C(NC1CCS(=O)(=O)C1)c1ccncc1C#CCO. The van der Waals surface area contributed by atoms with Crippen molar-refractivity contribution in [3.8, 4) is 11.8 Å². The fourth-order valence-electron chi connectivity index (χ4n) is 2.00. The van der Waals surface area contributed by atoms with Crippen LogP contribution < -0.4 is 5.32 Å². The van der Waals surface area contributed by atoms with E-state index in [2.05, 4.69) is 22.1 Å². The third kappa shape index (κ3) is 3.56. The molecule has 2 rings (SSSR count). The third-order valence-corrected chi connectivity index (χ3v) is 4.70. The number of sulfone groups is 1. The summed E-state index contributed by atoms with van der Waals surface area (Å²) in [7, 11) is -3.04. The van der Waals surface area contributed by atoms with Gasteiger partial charge in [-0.3, -0.25) is 9.78 Å². The number of aliphatic hydroxyl groups is 1. The standard InChI is InChI=1S/C13H14N2O4S/c16-6-1-2-10-8-14-5-3-12(10)13(17)15-11-4-7-20(18,19)9-11/h3,5,8,11,16H,4,6-7,9H2,(H,15,17). The molecule has 0 spiro atoms. The highest BCUT2D eigenvalue weighted by Gasteiger charge is 2.29. The molecule has 1 saturated heterocycles. The molecule has 0 aromatic carbocycles. The van der Waals surface area contributed by atoms with Gasteiger partial charge in [0.1, 0.15) is 6.61 Å². The van der Waals surface area contributed by atoms with Crippen molar-refractivity contribution in [3.05, 3.63) is 29.6 Å². The molecule has 1 aromatic heterocycles. The molecule has 6 nitrogen and oxygen atoms in total. The van der Waals surface area contributed by atoms with Gasteiger partial charge in [-0.05, 0) is 12.5 Å². The van der Waals surface area contributed by atoms with Gasteiger partial charge in [-0.15, -0.1) is 0 Å². The van der Waals surface area contributed by atoms with E-state index in [4.69, 9.17) is 5.11 Å². The van der Waals surface area contributed by atoms with Crippen molar-refractivity contribution in [1.82, 2.24) is 10.3 Å². The van der Waals surface area contributed by atoms with Crippen LogP contribution in [0.2, 0.25) is 0 Å². The molecule has 106 valence electrons. The first-order valence-corrected chi connectivity index (χ1v) is 7.89. The highest BCUT2D eigenvalue weighted by Crippen LogP contribution is 2.13. The highest BCUT2D eigenvalue weighted by atomic mass is 32.2. The van der Waals surface area contributed by atoms with Crippen molar-refractivity contribution in [2.75, 3.05) is 18.1 Å². The molecule has 1 aliphatic rings. The van der Waals surface area contributed by atoms with Crippen LogP contribution in [0.5, 0.6) is 0 Å². The number of nitrogens with one attached hydrogen (secondary N) is 1. The summed E-state index contributed by atoms with van der Waals surface area (Å²) in [5.74, 6) is 4.80. The number of amides is 1. The van der Waals surface area contributed by atoms with E-state index in [9.17, 15) is 13.2 Å². The van der Waals surface area contributed by atoms with E-state index in [0.717, 1.165) is 0 Å². The van der Waals surface area contributed by atoms with Crippen LogP contribution in [0.3, 0.4) is 0 Å². The number of carbonyl (C=O) groups excluding carboxylic acids is 1. The minimum Gasteiger partial charge on any atom is -0.384 e. The Kier molecular flexibility index (Phi) is 4.37. The zero-order chi connectivity index (χ0) is 14.6. The number of aliphatic hydroxyl groups excluding tert-OH is 1. The molecule has 2 heterocycles. The van der Waals surface area contributed by atoms with Crippen LogP contribution in [0.4, 0.5) is 0 Å². The van der Waals surface area contributed by atoms with Crippen molar-refractivity contribution in [1.29, 1.82) is 0 Å². The topological polar surface area (TPSA) is 96.4 Å². The molecular formula is C13H14N2O4S. The molecule has 1 aromatic rings. The first kappa shape index (κ1) is 14.5. The number of carbonyl (C=O) groups is 1. The second-order valence-electron chi connectivity index (χ2n) is 4.45. The summed E-state index contributed by atoms with van der Waals surface area (Å²) in [4.78, 5) is 16.0. The summed E-state index contributed by atoms with van der Waals surface area (Å²) in [5.41, 5.74) is 0.727. The minimum absolute atomic E-state index is 0.0263. The summed E-state index contributed by atoms with van der Waals surface area (Å²) in [5, 5.41) is 11.4. The molecule has 2 N–H and O–H groups in total. The van der Waals surface area contributed by atoms with Crippen LogP contribution in [0, 0.1) is 11.8 Å². The molecule has 0 aliphatic carbocycles. The van der Waals surface area contributed by atoms with Gasteiger partial charge in [0.05, 0.1) is 22.6 Å². The van der Waals surface area contributed by atoms with Gasteiger partial charge in [0.25, 0.3) is 5.91 Å². The van der Waals surface area contributed by atoms with Crippen LogP contribution in [-0.4, -0.2) is 48.6 Å². The van der Waals surface area contributed by atoms with Gasteiger partial charge >= 0.3 is 0 Å². The Morgan fingerprint density at radius 2 is 2.35 bits per heavy atom. The van der Waals surface area contributed by atoms with Crippen molar-refractivity contribution in [2.45, 2.75) is 12.5 Å². The quantitative estimate of drug-likeness (QED) is 0.706. The Hall–Kier alpha value is -1.91. The Labute approximate surface area is 117 Å². The smallest absolute Gasteiger partial charge is 0.252 e. The maximum Gasteiger partial charge on any atom is 0.252 e. The lowest BCUT2D eigenvalue weighted by Gasteiger charge is -2.11. The van der Waals surface area contributed by atoms with E-state index in [-0.39, 0.29) is 30.1 Å². The second kappa shape index (κ2) is 6.03. The molecule has 1 fully saturated rings. The van der Waals surface area contributed by atoms with Crippen molar-refractivity contribution in [3.63, 3.8) is 0 Å². The third-order valence-electron chi connectivity index (χ3n) is 2.94. The fourth-order valence-corrected chi connectivity index (χ4v) is 3.67. The van der Waals surface area contributed by atoms with Crippen LogP contribution in [0.25, 0.3) is 0 Å². The zero-order valence-corrected chi connectivity index (χ0v) is 11.5. The molecule has 0 saturated carbocycles. The lowest BCUT2D eigenvalue weighted by Crippen LogP contribution is -2.36. The average molecular weight is 294 g/mol. The Morgan fingerprint density at radius 1 is 1.55 bits per heavy atom. The van der Waals surface area contributed by atoms with Gasteiger partial charge in [0.2, 0.25) is 0 Å². The average Bonchev–Trinajstić information content (AvgIpc) is 2.76. The van der Waals surface area contributed by atoms with Gasteiger partial charge in [-0.2, -0.15) is 0 Å². The van der Waals surface area contributed by atoms with Gasteiger partial charge in [0, 0.05) is 18.4 Å². The van der Waals surface area contributed by atoms with E-state index in [1.165, 1.54) is 18.5 Å². The highest BCUT2D eigenvalue weighted by molar-refractivity contribution is 7.91. The van der Waals surface area contributed by atoms with E-state index >= 15 is 0 Å². The Balaban J connectivity index is 2.14. The fraction of sp³-hybridized carbons (Fsp3) is 0.385. The zero-order valence-electron chi connectivity index (χ0n) is 10.7. The van der Waals surface area contributed by atoms with E-state index in [1.807, 2.05) is 0 Å². The number of pyridine rings is 1. The van der Waals surface area contributed by atoms with Crippen LogP contribution in [0.1, 0.15) is 22.3 Å². The van der Waals surface area contributed by atoms with E-state index < -0.39 is 9.84 Å². The molecule has 20 heavy (non-hydrogen) atoms. The van der Waals surface area contributed by atoms with Gasteiger partial charge in [-0.1, -0.05) is 11.8 Å². The predicted molar refractivity (Wildman–Crippen MR) is 72.7 cm³/mol. The number of hydrogen-bond donors (Lipinski definition) is 2. The van der Waals surface area contributed by atoms with Crippen molar-refractivity contribution >= 4 is 15.7 Å². The van der Waals surface area contributed by atoms with Gasteiger partial charge in [0.15, 0.2) is 9.84 Å². The Morgan fingerprint density at radius 3 is 3.00 bits per heavy atom. The summed E-state index contributed by atoms with van der Waals surface area (Å²) in [6.45, 7) is -0.309. The van der Waals surface area contributed by atoms with Gasteiger partial charge in [-0.25, -0.2) is 8.42 Å². The molecule has 0 radical (unpaired) electrons. The maximum absolute atomic E-state index is 12.1. The van der Waals surface area contributed by atoms with Gasteiger partial charge < -0.3 is 10.4 Å². The monoisotopic (exact) mass is 294 g/mol. The number of rotatable bonds is 2. The van der Waals surface area contributed by atoms with Crippen molar-refractivity contribution < 1.29 is 18.3 Å². The Bertz CT molecular complexity index is 673. The second-order valence-corrected chi connectivity index (χ2v) is 6.68. The molecule has 0 bridgehead atoms. The van der Waals surface area contributed by atoms with Crippen LogP contribution >= 0.6 is 0 Å². The molecule has 1 unspecified atom stereocenters. The summed E-state index contributed by atoms with van der Waals surface area (Å²) in [6, 6.07) is 1.15. The predicted octanol–water partition coefficient (Wildman–Crippen LogP) is -0.658. The molecule has 7 heteroatoms. The van der Waals surface area contributed by atoms with E-state index in [0.29, 0.717) is 17.5 Å². The summed E-state index contributed by atoms with van der Waals surface area (Å²) in [6.07, 6.45) is 3.32. The maximum atomic E-state index is 12.1. The van der Waals surface area contributed by atoms with Crippen molar-refractivity contribution in [2.24, 2.45) is 0 Å². The molecular weight excluding hydrogens is 280 g/mol. The van der Waals surface area contributed by atoms with Crippen LogP contribution in [0.15, 0.2) is 18.5 Å². The normalized spacial score (nSPS) is 19.9. The number of hydrogen-bond acceptors (Lipinski definition) is 5. The first-order valence-electron chi connectivity index (χ1n) is 6.07. The lowest BCUT2D eigenvalue weighted by molar-refractivity contribution is 0.0941. The van der Waals surface area contributed by atoms with E-state index in [1.54, 1.807) is 0 Å². The lowest BCUT2D eigenvalue weighted by atomic mass is 10.1. The summed E-state index contributed by atoms with van der Waals surface area (Å²) >= 11 is 0.